The Bertz CT molecular complexity index is 116. The van der Waals surface area contributed by atoms with Crippen molar-refractivity contribution in [3.63, 3.8) is 0 Å². The van der Waals surface area contributed by atoms with E-state index in [1.807, 2.05) is 0 Å². The minimum Gasteiger partial charge on any atom is -0.394 e. The van der Waals surface area contributed by atoms with Gasteiger partial charge in [-0.15, -0.1) is 0 Å². The normalized spacial score (nSPS) is 6.70. The number of hydrogen-bond acceptors (Lipinski definition) is 4. The molecule has 0 saturated carbocycles. The Morgan fingerprint density at radius 2 is 1.40 bits per heavy atom. The topological polar surface area (TPSA) is 60.4 Å². The van der Waals surface area contributed by atoms with Crippen LogP contribution in [0.5, 0.6) is 0 Å². The molecule has 0 aromatic carbocycles. The van der Waals surface area contributed by atoms with Crippen molar-refractivity contribution in [2.24, 2.45) is 0 Å². The third kappa shape index (κ3) is 29.1. The highest BCUT2D eigenvalue weighted by Crippen LogP contribution is 1.73. The van der Waals surface area contributed by atoms with Crippen LogP contribution in [-0.4, -0.2) is 18.2 Å². The molecule has 0 aliphatic carbocycles. The summed E-state index contributed by atoms with van der Waals surface area (Å²) >= 11 is 0. The Balaban J connectivity index is 0. The van der Waals surface area contributed by atoms with Gasteiger partial charge in [0.15, 0.2) is 0 Å². The number of ether oxygens (including phenoxy) is 1. The van der Waals surface area contributed by atoms with Gasteiger partial charge in [-0.25, -0.2) is 0 Å². The van der Waals surface area contributed by atoms with Crippen LogP contribution < -0.4 is 0 Å². The lowest BCUT2D eigenvalue weighted by Gasteiger charge is -1.87. The van der Waals surface area contributed by atoms with Crippen LogP contribution in [0.25, 0.3) is 0 Å². The molecule has 4 nitrogen and oxygen atoms in total. The molecule has 0 fully saturated rings. The predicted octanol–water partition coefficient (Wildman–Crippen LogP) is 0.301. The van der Waals surface area contributed by atoms with Crippen LogP contribution in [0.3, 0.4) is 0 Å². The van der Waals surface area contributed by atoms with E-state index >= 15 is 0 Å². The first-order valence-electron chi connectivity index (χ1n) is 2.63. The Morgan fingerprint density at radius 3 is 1.40 bits per heavy atom. The molecule has 0 radical (unpaired) electrons. The number of carbonyl (C=O) groups excluding carboxylic acids is 3. The van der Waals surface area contributed by atoms with Crippen molar-refractivity contribution < 1.29 is 19.1 Å². The molecule has 0 aromatic rings. The molecule has 0 spiro atoms. The standard InChI is InChI=1S/C4H6O3.C2H4O/c1-3(5)7-4(2)6;1-2-3/h1-2H3;2H,1H3. The molecule has 0 unspecified atom stereocenters. The van der Waals surface area contributed by atoms with Crippen LogP contribution in [0.15, 0.2) is 0 Å². The van der Waals surface area contributed by atoms with Gasteiger partial charge in [-0.2, -0.15) is 0 Å². The summed E-state index contributed by atoms with van der Waals surface area (Å²) in [5.74, 6) is -1.12. The number of hydrogen-bond donors (Lipinski definition) is 0. The zero-order valence-electron chi connectivity index (χ0n) is 6.21. The second-order valence-corrected chi connectivity index (χ2v) is 1.32. The fourth-order valence-electron chi connectivity index (χ4n) is 0.202. The summed E-state index contributed by atoms with van der Waals surface area (Å²) in [6.07, 6.45) is 0.750. The summed E-state index contributed by atoms with van der Waals surface area (Å²) in [4.78, 5) is 28.4. The van der Waals surface area contributed by atoms with Crippen molar-refractivity contribution in [1.29, 1.82) is 0 Å². The Labute approximate surface area is 59.2 Å². The number of carbonyl (C=O) groups is 3. The summed E-state index contributed by atoms with van der Waals surface area (Å²) in [5, 5.41) is 0. The maximum atomic E-state index is 9.81. The molecule has 0 amide bonds. The molecule has 58 valence electrons. The van der Waals surface area contributed by atoms with E-state index in [1.165, 1.54) is 20.8 Å². The molecular weight excluding hydrogens is 136 g/mol. The minimum atomic E-state index is -0.562. The third-order valence-electron chi connectivity index (χ3n) is 0.287. The summed E-state index contributed by atoms with van der Waals surface area (Å²) in [5.41, 5.74) is 0. The second kappa shape index (κ2) is 7.81. The summed E-state index contributed by atoms with van der Waals surface area (Å²) in [6, 6.07) is 0. The summed E-state index contributed by atoms with van der Waals surface area (Å²) in [6.45, 7) is 3.81. The molecule has 0 heterocycles. The zero-order chi connectivity index (χ0) is 8.57. The van der Waals surface area contributed by atoms with E-state index in [1.54, 1.807) is 0 Å². The SMILES string of the molecule is CC(=O)OC(C)=O.CC=O. The lowest BCUT2D eigenvalue weighted by Crippen LogP contribution is -2.03. The van der Waals surface area contributed by atoms with Crippen molar-refractivity contribution in [2.45, 2.75) is 20.8 Å². The first-order valence-corrected chi connectivity index (χ1v) is 2.63. The molecule has 10 heavy (non-hydrogen) atoms. The molecular formula is C6H10O4. The summed E-state index contributed by atoms with van der Waals surface area (Å²) < 4.78 is 3.97. The maximum absolute atomic E-state index is 9.81. The molecule has 0 aliphatic rings. The molecule has 0 rings (SSSR count). The van der Waals surface area contributed by atoms with Gasteiger partial charge in [0.05, 0.1) is 0 Å². The Morgan fingerprint density at radius 1 is 1.20 bits per heavy atom. The molecule has 0 aliphatic heterocycles. The third-order valence-corrected chi connectivity index (χ3v) is 0.287. The van der Waals surface area contributed by atoms with E-state index in [2.05, 4.69) is 4.74 Å². The van der Waals surface area contributed by atoms with Crippen LogP contribution in [0.1, 0.15) is 20.8 Å². The fourth-order valence-corrected chi connectivity index (χ4v) is 0.202. The molecule has 0 bridgehead atoms. The first-order chi connectivity index (χ1) is 4.54. The van der Waals surface area contributed by atoms with Crippen LogP contribution in [-0.2, 0) is 19.1 Å². The summed E-state index contributed by atoms with van der Waals surface area (Å²) in [7, 11) is 0. The van der Waals surface area contributed by atoms with Gasteiger partial charge >= 0.3 is 11.9 Å². The quantitative estimate of drug-likeness (QED) is 0.280. The van der Waals surface area contributed by atoms with Gasteiger partial charge in [0.1, 0.15) is 6.29 Å². The molecule has 4 heteroatoms. The van der Waals surface area contributed by atoms with Gasteiger partial charge in [-0.1, -0.05) is 0 Å². The minimum absolute atomic E-state index is 0.562. The molecule has 0 atom stereocenters. The molecule has 0 saturated heterocycles. The number of esters is 2. The first kappa shape index (κ1) is 11.6. The lowest BCUT2D eigenvalue weighted by molar-refractivity contribution is -0.156. The zero-order valence-corrected chi connectivity index (χ0v) is 6.21. The maximum Gasteiger partial charge on any atom is 0.310 e. The van der Waals surface area contributed by atoms with Crippen molar-refractivity contribution in [1.82, 2.24) is 0 Å². The molecule has 0 aromatic heterocycles. The predicted molar refractivity (Wildman–Crippen MR) is 34.2 cm³/mol. The number of aldehydes is 1. The largest absolute Gasteiger partial charge is 0.394 e. The van der Waals surface area contributed by atoms with Gasteiger partial charge in [0.25, 0.3) is 0 Å². The van der Waals surface area contributed by atoms with Crippen LogP contribution in [0.4, 0.5) is 0 Å². The van der Waals surface area contributed by atoms with Crippen LogP contribution in [0, 0.1) is 0 Å². The van der Waals surface area contributed by atoms with Crippen LogP contribution in [0.2, 0.25) is 0 Å². The van der Waals surface area contributed by atoms with Crippen LogP contribution >= 0.6 is 0 Å². The lowest BCUT2D eigenvalue weighted by atomic mass is 10.7. The van der Waals surface area contributed by atoms with Crippen molar-refractivity contribution in [3.8, 4) is 0 Å². The second-order valence-electron chi connectivity index (χ2n) is 1.32. The Kier molecular flexibility index (Phi) is 9.05. The van der Waals surface area contributed by atoms with E-state index in [0.29, 0.717) is 0 Å². The van der Waals surface area contributed by atoms with E-state index < -0.39 is 11.9 Å². The highest BCUT2D eigenvalue weighted by Gasteiger charge is 1.93. The van der Waals surface area contributed by atoms with E-state index in [4.69, 9.17) is 4.79 Å². The smallest absolute Gasteiger partial charge is 0.310 e. The van der Waals surface area contributed by atoms with E-state index in [9.17, 15) is 9.59 Å². The van der Waals surface area contributed by atoms with E-state index in [-0.39, 0.29) is 0 Å². The Hall–Kier alpha value is -1.19. The highest BCUT2D eigenvalue weighted by molar-refractivity contribution is 5.82. The van der Waals surface area contributed by atoms with E-state index in [0.717, 1.165) is 6.29 Å². The number of rotatable bonds is 0. The van der Waals surface area contributed by atoms with Gasteiger partial charge in [0, 0.05) is 13.8 Å². The van der Waals surface area contributed by atoms with Crippen molar-refractivity contribution >= 4 is 18.2 Å². The van der Waals surface area contributed by atoms with Gasteiger partial charge in [-0.05, 0) is 6.92 Å². The van der Waals surface area contributed by atoms with Crippen molar-refractivity contribution in [3.05, 3.63) is 0 Å². The van der Waals surface area contributed by atoms with Crippen molar-refractivity contribution in [2.75, 3.05) is 0 Å². The van der Waals surface area contributed by atoms with Gasteiger partial charge < -0.3 is 9.53 Å². The van der Waals surface area contributed by atoms with Gasteiger partial charge in [0.2, 0.25) is 0 Å². The average Bonchev–Trinajstić information content (AvgIpc) is 1.62. The van der Waals surface area contributed by atoms with Gasteiger partial charge in [-0.3, -0.25) is 9.59 Å². The fraction of sp³-hybridized carbons (Fsp3) is 0.500. The monoisotopic (exact) mass is 146 g/mol. The molecule has 0 N–H and O–H groups in total. The highest BCUT2D eigenvalue weighted by atomic mass is 16.6. The average molecular weight is 146 g/mol.